The minimum Gasteiger partial charge on any atom is -0.466 e. The van der Waals surface area contributed by atoms with E-state index in [2.05, 4.69) is 5.32 Å². The van der Waals surface area contributed by atoms with Crippen molar-refractivity contribution >= 4 is 17.8 Å². The number of aliphatic hydroxyl groups is 1. The highest BCUT2D eigenvalue weighted by Gasteiger charge is 2.74. The van der Waals surface area contributed by atoms with Gasteiger partial charge in [-0.05, 0) is 53.4 Å². The highest BCUT2D eigenvalue weighted by Crippen LogP contribution is 2.58. The number of carbonyl (C=O) groups excluding carboxylic acids is 3. The molecule has 1 spiro atoms. The number of aliphatic hydroxyl groups excluding tert-OH is 1. The quantitative estimate of drug-likeness (QED) is 0.483. The van der Waals surface area contributed by atoms with E-state index in [1.54, 1.807) is 11.8 Å². The van der Waals surface area contributed by atoms with Gasteiger partial charge in [-0.25, -0.2) is 0 Å². The molecule has 3 aliphatic rings. The average Bonchev–Trinajstić information content (AvgIpc) is 3.21. The first-order valence-corrected chi connectivity index (χ1v) is 10.2. The zero-order valence-corrected chi connectivity index (χ0v) is 17.2. The summed E-state index contributed by atoms with van der Waals surface area (Å²) in [5.41, 5.74) is -1.43. The summed E-state index contributed by atoms with van der Waals surface area (Å²) in [6.07, 6.45) is 1.95. The summed E-state index contributed by atoms with van der Waals surface area (Å²) in [6, 6.07) is -0.771. The van der Waals surface area contributed by atoms with E-state index in [1.165, 1.54) is 0 Å². The Morgan fingerprint density at radius 1 is 1.36 bits per heavy atom. The predicted molar refractivity (Wildman–Crippen MR) is 100 cm³/mol. The number of likely N-dealkylation sites (tertiary alicyclic amines) is 1. The average molecular weight is 396 g/mol. The molecule has 8 nitrogen and oxygen atoms in total. The van der Waals surface area contributed by atoms with Crippen LogP contribution in [-0.2, 0) is 23.9 Å². The summed E-state index contributed by atoms with van der Waals surface area (Å²) >= 11 is 0. The Bertz CT molecular complexity index is 645. The third-order valence-electron chi connectivity index (χ3n) is 5.91. The lowest BCUT2D eigenvalue weighted by Gasteiger charge is -2.35. The summed E-state index contributed by atoms with van der Waals surface area (Å²) in [5, 5.41) is 12.1. The van der Waals surface area contributed by atoms with Gasteiger partial charge in [0.15, 0.2) is 0 Å². The van der Waals surface area contributed by atoms with Crippen molar-refractivity contribution in [3.63, 3.8) is 0 Å². The summed E-state index contributed by atoms with van der Waals surface area (Å²) in [7, 11) is 0. The Hall–Kier alpha value is -1.67. The molecule has 158 valence electrons. The number of nitrogens with one attached hydrogen (secondary N) is 1. The summed E-state index contributed by atoms with van der Waals surface area (Å²) in [4.78, 5) is 40.7. The smallest absolute Gasteiger partial charge is 0.312 e. The lowest BCUT2D eigenvalue weighted by Crippen LogP contribution is -2.58. The number of fused-ring (bicyclic) bond motifs is 1. The molecule has 3 rings (SSSR count). The minimum absolute atomic E-state index is 0.0273. The van der Waals surface area contributed by atoms with Gasteiger partial charge in [0.1, 0.15) is 11.6 Å². The lowest BCUT2D eigenvalue weighted by molar-refractivity contribution is -0.154. The van der Waals surface area contributed by atoms with Gasteiger partial charge in [-0.15, -0.1) is 0 Å². The highest BCUT2D eigenvalue weighted by atomic mass is 16.6. The Morgan fingerprint density at radius 2 is 2.07 bits per heavy atom. The number of esters is 1. The third kappa shape index (κ3) is 3.41. The number of ether oxygens (including phenoxy) is 2. The largest absolute Gasteiger partial charge is 0.466 e. The zero-order valence-electron chi connectivity index (χ0n) is 17.2. The van der Waals surface area contributed by atoms with Gasteiger partial charge < -0.3 is 24.8 Å². The van der Waals surface area contributed by atoms with Crippen molar-refractivity contribution in [3.8, 4) is 0 Å². The van der Waals surface area contributed by atoms with Gasteiger partial charge in [-0.1, -0.05) is 0 Å². The van der Waals surface area contributed by atoms with E-state index in [0.29, 0.717) is 32.2 Å². The molecule has 0 aliphatic carbocycles. The fourth-order valence-electron chi connectivity index (χ4n) is 5.03. The van der Waals surface area contributed by atoms with Crippen LogP contribution >= 0.6 is 0 Å². The van der Waals surface area contributed by atoms with Crippen LogP contribution in [0.1, 0.15) is 53.4 Å². The monoisotopic (exact) mass is 396 g/mol. The van der Waals surface area contributed by atoms with Gasteiger partial charge in [-0.2, -0.15) is 0 Å². The fraction of sp³-hybridized carbons (Fsp3) is 0.850. The van der Waals surface area contributed by atoms with Crippen molar-refractivity contribution in [1.29, 1.82) is 0 Å². The summed E-state index contributed by atoms with van der Waals surface area (Å²) in [6.45, 7) is 8.02. The second-order valence-corrected chi connectivity index (χ2v) is 9.01. The fourth-order valence-corrected chi connectivity index (χ4v) is 5.03. The van der Waals surface area contributed by atoms with Gasteiger partial charge >= 0.3 is 5.97 Å². The van der Waals surface area contributed by atoms with Gasteiger partial charge in [-0.3, -0.25) is 14.4 Å². The SMILES string of the molecule is CCOC(=O)[C@@H]1[C@@H]2CC[C@]3(O2)[C@H](C(=O)NC(C)(C)C)N(CCCCO)C(=O)[C@@H]13. The number of carbonyl (C=O) groups is 3. The molecule has 0 radical (unpaired) electrons. The number of unbranched alkanes of at least 4 members (excludes halogenated alkanes) is 1. The number of hydrogen-bond acceptors (Lipinski definition) is 6. The maximum atomic E-state index is 13.4. The van der Waals surface area contributed by atoms with E-state index in [-0.39, 0.29) is 31.1 Å². The van der Waals surface area contributed by atoms with Crippen LogP contribution in [0.5, 0.6) is 0 Å². The number of nitrogens with zero attached hydrogens (tertiary/aromatic N) is 1. The van der Waals surface area contributed by atoms with Crippen LogP contribution in [-0.4, -0.2) is 70.8 Å². The van der Waals surface area contributed by atoms with Crippen molar-refractivity contribution in [2.45, 2.75) is 76.7 Å². The predicted octanol–water partition coefficient (Wildman–Crippen LogP) is 0.611. The number of amides is 2. The molecule has 3 aliphatic heterocycles. The van der Waals surface area contributed by atoms with Crippen molar-refractivity contribution in [3.05, 3.63) is 0 Å². The molecule has 3 saturated heterocycles. The van der Waals surface area contributed by atoms with Crippen LogP contribution in [0, 0.1) is 11.8 Å². The van der Waals surface area contributed by atoms with E-state index in [4.69, 9.17) is 14.6 Å². The van der Waals surface area contributed by atoms with Gasteiger partial charge in [0.2, 0.25) is 11.8 Å². The first-order valence-electron chi connectivity index (χ1n) is 10.2. The van der Waals surface area contributed by atoms with Gasteiger partial charge in [0.05, 0.1) is 24.5 Å². The Labute approximate surface area is 165 Å². The normalized spacial score (nSPS) is 33.9. The van der Waals surface area contributed by atoms with Crippen molar-refractivity contribution in [1.82, 2.24) is 10.2 Å². The first kappa shape index (κ1) is 21.0. The maximum absolute atomic E-state index is 13.4. The van der Waals surface area contributed by atoms with E-state index < -0.39 is 35.0 Å². The van der Waals surface area contributed by atoms with E-state index in [9.17, 15) is 14.4 Å². The van der Waals surface area contributed by atoms with E-state index in [0.717, 1.165) is 0 Å². The Kier molecular flexibility index (Phi) is 5.74. The standard InChI is InChI=1S/C20H32N2O6/c1-5-27-18(26)13-12-8-9-20(28-12)14(13)17(25)22(10-6-7-11-23)15(20)16(24)21-19(2,3)4/h12-15,23H,5-11H2,1-4H3,(H,21,24)/t12-,13+,14+,15-,20+/m0/s1. The molecule has 2 bridgehead atoms. The molecule has 3 fully saturated rings. The summed E-state index contributed by atoms with van der Waals surface area (Å²) in [5.74, 6) is -2.23. The van der Waals surface area contributed by atoms with Crippen molar-refractivity contribution in [2.75, 3.05) is 19.8 Å². The zero-order chi connectivity index (χ0) is 20.7. The summed E-state index contributed by atoms with van der Waals surface area (Å²) < 4.78 is 11.5. The van der Waals surface area contributed by atoms with E-state index in [1.807, 2.05) is 20.8 Å². The van der Waals surface area contributed by atoms with Crippen LogP contribution < -0.4 is 5.32 Å². The second-order valence-electron chi connectivity index (χ2n) is 9.01. The van der Waals surface area contributed by atoms with Crippen molar-refractivity contribution in [2.24, 2.45) is 11.8 Å². The van der Waals surface area contributed by atoms with Crippen LogP contribution in [0.4, 0.5) is 0 Å². The van der Waals surface area contributed by atoms with Crippen LogP contribution in [0.15, 0.2) is 0 Å². The molecule has 0 aromatic rings. The first-order chi connectivity index (χ1) is 13.2. The molecule has 5 atom stereocenters. The highest BCUT2D eigenvalue weighted by molar-refractivity contribution is 5.98. The second kappa shape index (κ2) is 7.63. The number of rotatable bonds is 7. The van der Waals surface area contributed by atoms with Crippen LogP contribution in [0.2, 0.25) is 0 Å². The van der Waals surface area contributed by atoms with Crippen LogP contribution in [0.3, 0.4) is 0 Å². The molecule has 3 heterocycles. The lowest BCUT2D eigenvalue weighted by atomic mass is 9.70. The molecular formula is C20H32N2O6. The Balaban J connectivity index is 1.94. The molecule has 0 saturated carbocycles. The molecule has 0 aromatic carbocycles. The molecule has 8 heteroatoms. The van der Waals surface area contributed by atoms with E-state index >= 15 is 0 Å². The minimum atomic E-state index is -0.978. The van der Waals surface area contributed by atoms with Crippen molar-refractivity contribution < 1.29 is 29.0 Å². The molecule has 2 N–H and O–H groups in total. The molecule has 28 heavy (non-hydrogen) atoms. The van der Waals surface area contributed by atoms with Gasteiger partial charge in [0, 0.05) is 18.7 Å². The Morgan fingerprint density at radius 3 is 2.68 bits per heavy atom. The molecule has 0 unspecified atom stereocenters. The molecular weight excluding hydrogens is 364 g/mol. The molecule has 2 amide bonds. The number of hydrogen-bond donors (Lipinski definition) is 2. The maximum Gasteiger partial charge on any atom is 0.312 e. The van der Waals surface area contributed by atoms with Crippen LogP contribution in [0.25, 0.3) is 0 Å². The van der Waals surface area contributed by atoms with Gasteiger partial charge in [0.25, 0.3) is 0 Å². The topological polar surface area (TPSA) is 105 Å². The third-order valence-corrected chi connectivity index (χ3v) is 5.91. The molecule has 0 aromatic heterocycles.